The molecule has 0 spiro atoms. The van der Waals surface area contributed by atoms with Crippen LogP contribution < -0.4 is 0 Å². The highest BCUT2D eigenvalue weighted by atomic mass is 16.6. The number of ether oxygens (including phenoxy) is 1. The quantitative estimate of drug-likeness (QED) is 0.567. The Hall–Kier alpha value is -0.860. The molecule has 0 aliphatic carbocycles. The molecule has 0 saturated carbocycles. The van der Waals surface area contributed by atoms with Crippen LogP contribution in [-0.4, -0.2) is 11.9 Å². The Morgan fingerprint density at radius 2 is 1.72 bits per heavy atom. The summed E-state index contributed by atoms with van der Waals surface area (Å²) in [6, 6.07) is 0. The molecule has 1 unspecified atom stereocenters. The van der Waals surface area contributed by atoms with E-state index in [9.17, 15) is 9.59 Å². The third kappa shape index (κ3) is 2.76. The van der Waals surface area contributed by atoms with Crippen LogP contribution in [-0.2, 0) is 14.3 Å². The largest absolute Gasteiger partial charge is 0.393 e. The van der Waals surface area contributed by atoms with Crippen molar-refractivity contribution >= 4 is 11.9 Å². The topological polar surface area (TPSA) is 43.4 Å². The van der Waals surface area contributed by atoms with Gasteiger partial charge in [-0.3, -0.25) is 9.59 Å². The Labute approximate surface area is 110 Å². The smallest absolute Gasteiger partial charge is 0.320 e. The highest BCUT2D eigenvalue weighted by Gasteiger charge is 2.57. The highest BCUT2D eigenvalue weighted by Crippen LogP contribution is 2.53. The van der Waals surface area contributed by atoms with Crippen LogP contribution in [0.15, 0.2) is 0 Å². The van der Waals surface area contributed by atoms with Crippen LogP contribution in [0, 0.1) is 16.2 Å². The van der Waals surface area contributed by atoms with Gasteiger partial charge in [-0.15, -0.1) is 0 Å². The van der Waals surface area contributed by atoms with E-state index in [2.05, 4.69) is 20.8 Å². The lowest BCUT2D eigenvalue weighted by atomic mass is 9.58. The summed E-state index contributed by atoms with van der Waals surface area (Å²) in [6.45, 7) is 12.5. The molecule has 1 saturated heterocycles. The van der Waals surface area contributed by atoms with Crippen molar-refractivity contribution in [2.24, 2.45) is 16.2 Å². The average molecular weight is 254 g/mol. The normalized spacial score (nSPS) is 25.4. The number of hydrogen-bond donors (Lipinski definition) is 0. The lowest BCUT2D eigenvalue weighted by Crippen LogP contribution is -2.43. The standard InChI is InChI=1S/C15H26O3/c1-7-8-14(5,6)10-15(13(2,3)4)9-11(16)18-12(15)17/h7-10H2,1-6H3. The molecule has 0 aromatic rings. The molecular formula is C15H26O3. The minimum absolute atomic E-state index is 0.0473. The zero-order valence-corrected chi connectivity index (χ0v) is 12.6. The summed E-state index contributed by atoms with van der Waals surface area (Å²) >= 11 is 0. The molecule has 0 bridgehead atoms. The Bertz CT molecular complexity index is 349. The van der Waals surface area contributed by atoms with Gasteiger partial charge in [0, 0.05) is 0 Å². The van der Waals surface area contributed by atoms with E-state index in [0.29, 0.717) is 6.42 Å². The van der Waals surface area contributed by atoms with E-state index in [0.717, 1.165) is 12.8 Å². The third-order valence-electron chi connectivity index (χ3n) is 4.19. The van der Waals surface area contributed by atoms with Gasteiger partial charge in [0.15, 0.2) is 0 Å². The van der Waals surface area contributed by atoms with Crippen molar-refractivity contribution in [2.45, 2.75) is 67.2 Å². The monoisotopic (exact) mass is 254 g/mol. The molecule has 1 heterocycles. The first-order chi connectivity index (χ1) is 8.04. The fourth-order valence-corrected chi connectivity index (χ4v) is 3.11. The summed E-state index contributed by atoms with van der Waals surface area (Å²) in [7, 11) is 0. The van der Waals surface area contributed by atoms with Gasteiger partial charge >= 0.3 is 11.9 Å². The number of cyclic esters (lactones) is 2. The Morgan fingerprint density at radius 1 is 1.17 bits per heavy atom. The number of rotatable bonds is 4. The minimum atomic E-state index is -0.664. The van der Waals surface area contributed by atoms with Crippen LogP contribution in [0.3, 0.4) is 0 Å². The van der Waals surface area contributed by atoms with Crippen molar-refractivity contribution in [1.29, 1.82) is 0 Å². The van der Waals surface area contributed by atoms with E-state index < -0.39 is 5.41 Å². The van der Waals surface area contributed by atoms with Gasteiger partial charge in [-0.1, -0.05) is 48.0 Å². The first-order valence-electron chi connectivity index (χ1n) is 6.79. The van der Waals surface area contributed by atoms with E-state index in [1.54, 1.807) is 0 Å². The van der Waals surface area contributed by atoms with Gasteiger partial charge in [-0.25, -0.2) is 0 Å². The first-order valence-corrected chi connectivity index (χ1v) is 6.79. The molecule has 0 aromatic heterocycles. The van der Waals surface area contributed by atoms with Gasteiger partial charge in [-0.2, -0.15) is 0 Å². The van der Waals surface area contributed by atoms with Crippen LogP contribution in [0.25, 0.3) is 0 Å². The van der Waals surface area contributed by atoms with Gasteiger partial charge in [0.05, 0.1) is 11.8 Å². The van der Waals surface area contributed by atoms with Gasteiger partial charge in [0.2, 0.25) is 0 Å². The van der Waals surface area contributed by atoms with E-state index in [1.165, 1.54) is 0 Å². The maximum absolute atomic E-state index is 12.2. The second kappa shape index (κ2) is 4.67. The average Bonchev–Trinajstić information content (AvgIpc) is 2.39. The van der Waals surface area contributed by atoms with Crippen molar-refractivity contribution in [3.63, 3.8) is 0 Å². The molecular weight excluding hydrogens is 228 g/mol. The van der Waals surface area contributed by atoms with Crippen molar-refractivity contribution in [2.75, 3.05) is 0 Å². The predicted molar refractivity (Wildman–Crippen MR) is 70.9 cm³/mol. The van der Waals surface area contributed by atoms with Crippen molar-refractivity contribution in [1.82, 2.24) is 0 Å². The zero-order valence-electron chi connectivity index (χ0n) is 12.6. The summed E-state index contributed by atoms with van der Waals surface area (Å²) in [5, 5.41) is 0. The molecule has 18 heavy (non-hydrogen) atoms. The Kier molecular flexibility index (Phi) is 3.94. The van der Waals surface area contributed by atoms with Crippen LogP contribution in [0.1, 0.15) is 67.2 Å². The van der Waals surface area contributed by atoms with Crippen molar-refractivity contribution in [3.8, 4) is 0 Å². The van der Waals surface area contributed by atoms with Crippen molar-refractivity contribution in [3.05, 3.63) is 0 Å². The highest BCUT2D eigenvalue weighted by molar-refractivity contribution is 5.98. The molecule has 3 heteroatoms. The summed E-state index contributed by atoms with van der Waals surface area (Å²) in [6.07, 6.45) is 3.06. The van der Waals surface area contributed by atoms with Gasteiger partial charge < -0.3 is 4.74 Å². The van der Waals surface area contributed by atoms with E-state index in [1.807, 2.05) is 20.8 Å². The molecule has 1 aliphatic heterocycles. The molecule has 0 aromatic carbocycles. The van der Waals surface area contributed by atoms with E-state index in [4.69, 9.17) is 4.74 Å². The minimum Gasteiger partial charge on any atom is -0.393 e. The number of carbonyl (C=O) groups excluding carboxylic acids is 2. The lowest BCUT2D eigenvalue weighted by molar-refractivity contribution is -0.159. The first kappa shape index (κ1) is 15.2. The summed E-state index contributed by atoms with van der Waals surface area (Å²) < 4.78 is 4.85. The van der Waals surface area contributed by atoms with E-state index in [-0.39, 0.29) is 29.2 Å². The number of hydrogen-bond acceptors (Lipinski definition) is 3. The third-order valence-corrected chi connectivity index (χ3v) is 4.19. The molecule has 0 radical (unpaired) electrons. The molecule has 0 N–H and O–H groups in total. The maximum Gasteiger partial charge on any atom is 0.320 e. The van der Waals surface area contributed by atoms with Gasteiger partial charge in [0.25, 0.3) is 0 Å². The second-order valence-electron chi connectivity index (χ2n) is 7.36. The van der Waals surface area contributed by atoms with Crippen LogP contribution >= 0.6 is 0 Å². The van der Waals surface area contributed by atoms with Crippen molar-refractivity contribution < 1.29 is 14.3 Å². The van der Waals surface area contributed by atoms with Crippen LogP contribution in [0.4, 0.5) is 0 Å². The predicted octanol–water partition coefficient (Wildman–Crippen LogP) is 3.71. The van der Waals surface area contributed by atoms with Crippen LogP contribution in [0.5, 0.6) is 0 Å². The summed E-state index contributed by atoms with van der Waals surface area (Å²) in [5.74, 6) is -0.702. The molecule has 1 fully saturated rings. The van der Waals surface area contributed by atoms with Gasteiger partial charge in [0.1, 0.15) is 0 Å². The fraction of sp³-hybridized carbons (Fsp3) is 0.867. The second-order valence-corrected chi connectivity index (χ2v) is 7.36. The fourth-order valence-electron chi connectivity index (χ4n) is 3.11. The lowest BCUT2D eigenvalue weighted by Gasteiger charge is -2.42. The number of carbonyl (C=O) groups is 2. The SMILES string of the molecule is CCCC(C)(C)CC1(C(C)(C)C)CC(=O)OC1=O. The molecule has 0 amide bonds. The molecule has 104 valence electrons. The molecule has 3 nitrogen and oxygen atoms in total. The summed E-state index contributed by atoms with van der Waals surface area (Å²) in [4.78, 5) is 23.7. The molecule has 1 rings (SSSR count). The molecule has 1 atom stereocenters. The van der Waals surface area contributed by atoms with Crippen LogP contribution in [0.2, 0.25) is 0 Å². The molecule has 1 aliphatic rings. The number of esters is 2. The Balaban J connectivity index is 3.09. The summed E-state index contributed by atoms with van der Waals surface area (Å²) in [5.41, 5.74) is -0.879. The zero-order chi connectivity index (χ0) is 14.2. The maximum atomic E-state index is 12.2. The Morgan fingerprint density at radius 3 is 2.06 bits per heavy atom. The van der Waals surface area contributed by atoms with Gasteiger partial charge in [-0.05, 0) is 23.7 Å². The van der Waals surface area contributed by atoms with E-state index >= 15 is 0 Å².